The fourth-order valence-corrected chi connectivity index (χ4v) is 4.16. The van der Waals surface area contributed by atoms with E-state index in [-0.39, 0.29) is 11.8 Å². The minimum absolute atomic E-state index is 0.241. The van der Waals surface area contributed by atoms with Crippen molar-refractivity contribution in [2.24, 2.45) is 0 Å². The first-order valence-electron chi connectivity index (χ1n) is 7.69. The van der Waals surface area contributed by atoms with Gasteiger partial charge in [-0.2, -0.15) is 5.10 Å². The molecule has 0 saturated carbocycles. The van der Waals surface area contributed by atoms with E-state index in [9.17, 15) is 4.79 Å². The molecule has 0 aliphatic carbocycles. The van der Waals surface area contributed by atoms with Crippen LogP contribution in [0.3, 0.4) is 0 Å². The van der Waals surface area contributed by atoms with Gasteiger partial charge in [-0.15, -0.1) is 11.3 Å². The zero-order chi connectivity index (χ0) is 18.0. The molecule has 0 unspecified atom stereocenters. The first-order valence-corrected chi connectivity index (χ1v) is 9.67. The van der Waals surface area contributed by atoms with Crippen molar-refractivity contribution in [2.75, 3.05) is 5.32 Å². The number of aromatic amines is 1. The fourth-order valence-electron chi connectivity index (χ4n) is 2.31. The Morgan fingerprint density at radius 3 is 2.84 bits per heavy atom. The van der Waals surface area contributed by atoms with E-state index in [4.69, 9.17) is 11.6 Å². The second-order valence-electron chi connectivity index (χ2n) is 5.81. The Hall–Kier alpha value is -1.70. The van der Waals surface area contributed by atoms with Crippen LogP contribution in [0.25, 0.3) is 0 Å². The first-order chi connectivity index (χ1) is 12.0. The molecule has 0 spiro atoms. The van der Waals surface area contributed by atoms with Gasteiger partial charge in [0.1, 0.15) is 0 Å². The van der Waals surface area contributed by atoms with E-state index < -0.39 is 0 Å². The van der Waals surface area contributed by atoms with E-state index in [1.54, 1.807) is 6.20 Å². The van der Waals surface area contributed by atoms with Gasteiger partial charge in [-0.1, -0.05) is 43.6 Å². The first kappa shape index (κ1) is 18.1. The third-order valence-corrected chi connectivity index (χ3v) is 5.71. The Balaban J connectivity index is 1.71. The molecule has 0 fully saturated rings. The van der Waals surface area contributed by atoms with Gasteiger partial charge in [0.05, 0.1) is 10.2 Å². The maximum Gasteiger partial charge on any atom is 0.279 e. The van der Waals surface area contributed by atoms with Gasteiger partial charge in [0.15, 0.2) is 10.8 Å². The lowest BCUT2D eigenvalue weighted by atomic mass is 10.1. The molecule has 0 radical (unpaired) electrons. The highest BCUT2D eigenvalue weighted by atomic mass is 79.9. The van der Waals surface area contributed by atoms with Crippen LogP contribution in [0.15, 0.2) is 34.9 Å². The molecule has 0 atom stereocenters. The van der Waals surface area contributed by atoms with Crippen molar-refractivity contribution in [1.29, 1.82) is 0 Å². The average molecular weight is 440 g/mol. The maximum atomic E-state index is 12.4. The Labute approximate surface area is 163 Å². The molecule has 1 amide bonds. The molecule has 0 bridgehead atoms. The highest BCUT2D eigenvalue weighted by Crippen LogP contribution is 2.28. The standard InChI is InChI=1S/C17H16BrClN4OS/c1-9(2)14-13(18)15(23-22-14)16(24)21-17-20-8-11(25-17)7-10-5-3-4-6-12(10)19/h3-6,8-9H,7H2,1-2H3,(H,22,23)(H,20,21,24). The van der Waals surface area contributed by atoms with Crippen molar-refractivity contribution in [2.45, 2.75) is 26.2 Å². The van der Waals surface area contributed by atoms with Gasteiger partial charge in [0.25, 0.3) is 5.91 Å². The van der Waals surface area contributed by atoms with Gasteiger partial charge in [0.2, 0.25) is 0 Å². The maximum absolute atomic E-state index is 12.4. The van der Waals surface area contributed by atoms with Crippen LogP contribution in [0.5, 0.6) is 0 Å². The van der Waals surface area contributed by atoms with Gasteiger partial charge in [-0.3, -0.25) is 15.2 Å². The van der Waals surface area contributed by atoms with E-state index in [1.807, 2.05) is 38.1 Å². The highest BCUT2D eigenvalue weighted by Gasteiger charge is 2.20. The van der Waals surface area contributed by atoms with E-state index in [0.717, 1.165) is 21.2 Å². The van der Waals surface area contributed by atoms with Crippen LogP contribution in [0.1, 0.15) is 46.4 Å². The fraction of sp³-hybridized carbons (Fsp3) is 0.235. The molecule has 3 rings (SSSR count). The summed E-state index contributed by atoms with van der Waals surface area (Å²) in [6.07, 6.45) is 2.43. The van der Waals surface area contributed by atoms with Crippen LogP contribution in [0.4, 0.5) is 5.13 Å². The second-order valence-corrected chi connectivity index (χ2v) is 8.12. The monoisotopic (exact) mass is 438 g/mol. The zero-order valence-corrected chi connectivity index (χ0v) is 16.8. The van der Waals surface area contributed by atoms with Crippen molar-refractivity contribution in [3.05, 3.63) is 61.8 Å². The quantitative estimate of drug-likeness (QED) is 0.570. The number of hydrogen-bond acceptors (Lipinski definition) is 4. The third-order valence-electron chi connectivity index (χ3n) is 3.62. The SMILES string of the molecule is CC(C)c1[nH]nc(C(=O)Nc2ncc(Cc3ccccc3Cl)s2)c1Br. The van der Waals surface area contributed by atoms with Crippen molar-refractivity contribution >= 4 is 49.9 Å². The van der Waals surface area contributed by atoms with Crippen molar-refractivity contribution in [3.63, 3.8) is 0 Å². The van der Waals surface area contributed by atoms with Gasteiger partial charge < -0.3 is 0 Å². The zero-order valence-electron chi connectivity index (χ0n) is 13.6. The summed E-state index contributed by atoms with van der Waals surface area (Å²) in [6.45, 7) is 4.06. The van der Waals surface area contributed by atoms with E-state index in [2.05, 4.69) is 36.4 Å². The summed E-state index contributed by atoms with van der Waals surface area (Å²) in [4.78, 5) is 17.7. The minimum atomic E-state index is -0.298. The number of nitrogens with one attached hydrogen (secondary N) is 2. The lowest BCUT2D eigenvalue weighted by molar-refractivity contribution is 0.102. The van der Waals surface area contributed by atoms with Crippen molar-refractivity contribution in [3.8, 4) is 0 Å². The number of nitrogens with zero attached hydrogens (tertiary/aromatic N) is 2. The van der Waals surface area contributed by atoms with Crippen molar-refractivity contribution < 1.29 is 4.79 Å². The summed E-state index contributed by atoms with van der Waals surface area (Å²) < 4.78 is 0.688. The van der Waals surface area contributed by atoms with Crippen LogP contribution in [-0.4, -0.2) is 21.1 Å². The summed E-state index contributed by atoms with van der Waals surface area (Å²) >= 11 is 11.0. The number of carbonyl (C=O) groups is 1. The number of benzene rings is 1. The number of H-pyrrole nitrogens is 1. The lowest BCUT2D eigenvalue weighted by Gasteiger charge is -2.02. The summed E-state index contributed by atoms with van der Waals surface area (Å²) in [7, 11) is 0. The molecule has 2 heterocycles. The average Bonchev–Trinajstić information content (AvgIpc) is 3.16. The molecule has 3 aromatic rings. The van der Waals surface area contributed by atoms with E-state index in [0.29, 0.717) is 21.7 Å². The molecule has 0 aliphatic rings. The summed E-state index contributed by atoms with van der Waals surface area (Å²) in [6, 6.07) is 7.69. The number of carbonyl (C=O) groups excluding carboxylic acids is 1. The van der Waals surface area contributed by atoms with Crippen LogP contribution in [0, 0.1) is 0 Å². The Kier molecular flexibility index (Phi) is 5.56. The Morgan fingerprint density at radius 1 is 1.40 bits per heavy atom. The molecule has 25 heavy (non-hydrogen) atoms. The van der Waals surface area contributed by atoms with Gasteiger partial charge >= 0.3 is 0 Å². The smallest absolute Gasteiger partial charge is 0.279 e. The van der Waals surface area contributed by atoms with E-state index in [1.165, 1.54) is 11.3 Å². The topological polar surface area (TPSA) is 70.7 Å². The van der Waals surface area contributed by atoms with Gasteiger partial charge in [0, 0.05) is 22.5 Å². The van der Waals surface area contributed by atoms with E-state index >= 15 is 0 Å². The number of thiazole rings is 1. The normalized spacial score (nSPS) is 11.1. The number of aromatic nitrogens is 3. The molecular weight excluding hydrogens is 424 g/mol. The van der Waals surface area contributed by atoms with Crippen LogP contribution < -0.4 is 5.32 Å². The predicted molar refractivity (Wildman–Crippen MR) is 105 cm³/mol. The molecule has 1 aromatic carbocycles. The molecule has 0 saturated heterocycles. The van der Waals surface area contributed by atoms with Gasteiger partial charge in [-0.25, -0.2) is 4.98 Å². The lowest BCUT2D eigenvalue weighted by Crippen LogP contribution is -2.12. The number of amides is 1. The molecular formula is C17H16BrClN4OS. The number of hydrogen-bond donors (Lipinski definition) is 2. The molecule has 0 aliphatic heterocycles. The predicted octanol–water partition coefficient (Wildman–Crippen LogP) is 5.25. The van der Waals surface area contributed by atoms with Crippen molar-refractivity contribution in [1.82, 2.24) is 15.2 Å². The third kappa shape index (κ3) is 4.11. The molecule has 2 N–H and O–H groups in total. The Bertz CT molecular complexity index is 906. The number of halogens is 2. The molecule has 8 heteroatoms. The minimum Gasteiger partial charge on any atom is -0.296 e. The molecule has 5 nitrogen and oxygen atoms in total. The largest absolute Gasteiger partial charge is 0.296 e. The Morgan fingerprint density at radius 2 is 2.16 bits per heavy atom. The summed E-state index contributed by atoms with van der Waals surface area (Å²) in [5.74, 6) is -0.0563. The highest BCUT2D eigenvalue weighted by molar-refractivity contribution is 9.10. The second kappa shape index (κ2) is 7.68. The van der Waals surface area contributed by atoms with Gasteiger partial charge in [-0.05, 0) is 33.5 Å². The molecule has 130 valence electrons. The van der Waals surface area contributed by atoms with Crippen LogP contribution in [-0.2, 0) is 6.42 Å². The molecule has 2 aromatic heterocycles. The summed E-state index contributed by atoms with van der Waals surface area (Å²) in [5.41, 5.74) is 2.25. The number of anilines is 1. The number of rotatable bonds is 5. The summed E-state index contributed by atoms with van der Waals surface area (Å²) in [5, 5.41) is 11.0. The van der Waals surface area contributed by atoms with Crippen LogP contribution in [0.2, 0.25) is 5.02 Å². The van der Waals surface area contributed by atoms with Crippen LogP contribution >= 0.6 is 38.9 Å².